The minimum absolute atomic E-state index is 0.127. The van der Waals surface area contributed by atoms with E-state index in [-0.39, 0.29) is 12.2 Å². The Balaban J connectivity index is 3.88. The van der Waals surface area contributed by atoms with E-state index < -0.39 is 23.7 Å². The predicted octanol–water partition coefficient (Wildman–Crippen LogP) is 11.4. The Kier molecular flexibility index (Phi) is 30.0. The fourth-order valence-corrected chi connectivity index (χ4v) is 5.67. The zero-order valence-electron chi connectivity index (χ0n) is 29.1. The van der Waals surface area contributed by atoms with Crippen molar-refractivity contribution in [1.82, 2.24) is 0 Å². The Hall–Kier alpha value is -1.75. The van der Waals surface area contributed by atoms with Gasteiger partial charge in [0.2, 0.25) is 0 Å². The second-order valence-corrected chi connectivity index (χ2v) is 13.1. The monoisotopic (exact) mass is 618 g/mol. The number of carbonyl (C=O) groups is 3. The Morgan fingerprint density at radius 1 is 0.500 bits per heavy atom. The van der Waals surface area contributed by atoms with E-state index >= 15 is 0 Å². The SMILES string of the molecule is CCCCCCCC/C=C\CCCCCCCC(=O)CC(N)(C(=O)O)C(=O)CCCCCCC/C=C\CCCCCCCC. The van der Waals surface area contributed by atoms with Gasteiger partial charge in [0.15, 0.2) is 11.3 Å². The first-order chi connectivity index (χ1) is 21.4. The number of rotatable bonds is 34. The lowest BCUT2D eigenvalue weighted by atomic mass is 9.85. The third-order valence-electron chi connectivity index (χ3n) is 8.74. The molecule has 0 aliphatic carbocycles. The van der Waals surface area contributed by atoms with Crippen LogP contribution in [0.4, 0.5) is 0 Å². The normalized spacial score (nSPS) is 13.2. The molecule has 0 radical (unpaired) electrons. The van der Waals surface area contributed by atoms with Gasteiger partial charge in [0.1, 0.15) is 5.78 Å². The topological polar surface area (TPSA) is 97.5 Å². The highest BCUT2D eigenvalue weighted by atomic mass is 16.4. The quantitative estimate of drug-likeness (QED) is 0.0425. The minimum atomic E-state index is -2.08. The molecule has 0 amide bonds. The van der Waals surface area contributed by atoms with Crippen LogP contribution in [0.2, 0.25) is 0 Å². The average Bonchev–Trinajstić information content (AvgIpc) is 3.00. The summed E-state index contributed by atoms with van der Waals surface area (Å²) in [5, 5.41) is 9.67. The van der Waals surface area contributed by atoms with Gasteiger partial charge in [0.05, 0.1) is 0 Å². The number of unbranched alkanes of at least 4 members (excludes halogenated alkanes) is 22. The molecule has 0 heterocycles. The van der Waals surface area contributed by atoms with Crippen molar-refractivity contribution in [2.24, 2.45) is 5.73 Å². The summed E-state index contributed by atoms with van der Waals surface area (Å²) in [4.78, 5) is 37.1. The molecule has 0 fully saturated rings. The van der Waals surface area contributed by atoms with Gasteiger partial charge in [-0.3, -0.25) is 9.59 Å². The number of carbonyl (C=O) groups excluding carboxylic acids is 2. The standard InChI is InChI=1S/C39H71NO4/c1-3-5-7-9-11-13-15-17-19-21-23-25-27-29-31-33-36(41)35-39(40,38(43)44)37(42)34-32-30-28-26-24-22-20-18-16-14-12-10-8-6-4-2/h17-20H,3-16,21-35,40H2,1-2H3,(H,43,44)/b19-17-,20-18-. The maximum Gasteiger partial charge on any atom is 0.331 e. The number of Topliss-reactive ketones (excluding diaryl/α,β-unsaturated/α-hetero) is 2. The molecule has 0 bridgehead atoms. The summed E-state index contributed by atoms with van der Waals surface area (Å²) in [5.74, 6) is -2.11. The lowest BCUT2D eigenvalue weighted by molar-refractivity contribution is -0.150. The molecule has 0 rings (SSSR count). The van der Waals surface area contributed by atoms with E-state index in [1.165, 1.54) is 89.9 Å². The van der Waals surface area contributed by atoms with Crippen molar-refractivity contribution < 1.29 is 19.5 Å². The molecule has 0 aromatic carbocycles. The number of aliphatic carboxylic acids is 1. The van der Waals surface area contributed by atoms with Gasteiger partial charge in [0.25, 0.3) is 0 Å². The maximum absolute atomic E-state index is 12.7. The highest BCUT2D eigenvalue weighted by molar-refractivity contribution is 6.10. The number of carboxylic acids is 1. The molecule has 1 atom stereocenters. The van der Waals surface area contributed by atoms with Crippen LogP contribution in [0.25, 0.3) is 0 Å². The largest absolute Gasteiger partial charge is 0.480 e. The molecule has 256 valence electrons. The fraction of sp³-hybridized carbons (Fsp3) is 0.821. The summed E-state index contributed by atoms with van der Waals surface area (Å²) in [6.07, 6.45) is 39.7. The molecule has 0 aliphatic heterocycles. The molecule has 5 heteroatoms. The van der Waals surface area contributed by atoms with Gasteiger partial charge in [-0.05, 0) is 64.2 Å². The number of nitrogens with two attached hydrogens (primary N) is 1. The lowest BCUT2D eigenvalue weighted by Gasteiger charge is -2.22. The highest BCUT2D eigenvalue weighted by Crippen LogP contribution is 2.18. The summed E-state index contributed by atoms with van der Waals surface area (Å²) in [6.45, 7) is 4.50. The smallest absolute Gasteiger partial charge is 0.331 e. The van der Waals surface area contributed by atoms with E-state index in [1.807, 2.05) is 0 Å². The molecule has 5 nitrogen and oxygen atoms in total. The van der Waals surface area contributed by atoms with Crippen molar-refractivity contribution in [2.75, 3.05) is 0 Å². The number of allylic oxidation sites excluding steroid dienone is 4. The van der Waals surface area contributed by atoms with Gasteiger partial charge in [0, 0.05) is 19.3 Å². The molecule has 0 saturated carbocycles. The minimum Gasteiger partial charge on any atom is -0.480 e. The van der Waals surface area contributed by atoms with Crippen LogP contribution >= 0.6 is 0 Å². The maximum atomic E-state index is 12.7. The average molecular weight is 618 g/mol. The zero-order chi connectivity index (χ0) is 32.6. The number of carboxylic acid groups (broad SMARTS) is 1. The van der Waals surface area contributed by atoms with Gasteiger partial charge < -0.3 is 10.8 Å². The van der Waals surface area contributed by atoms with Gasteiger partial charge >= 0.3 is 5.97 Å². The first-order valence-corrected chi connectivity index (χ1v) is 18.8. The Labute approximate surface area is 272 Å². The van der Waals surface area contributed by atoms with Crippen molar-refractivity contribution in [3.8, 4) is 0 Å². The zero-order valence-corrected chi connectivity index (χ0v) is 29.1. The van der Waals surface area contributed by atoms with E-state index in [9.17, 15) is 19.5 Å². The Bertz CT molecular complexity index is 759. The van der Waals surface area contributed by atoms with E-state index in [4.69, 9.17) is 5.73 Å². The van der Waals surface area contributed by atoms with Crippen LogP contribution in [-0.4, -0.2) is 28.2 Å². The van der Waals surface area contributed by atoms with E-state index in [1.54, 1.807) is 0 Å². The number of hydrogen-bond acceptors (Lipinski definition) is 4. The molecular formula is C39H71NO4. The first-order valence-electron chi connectivity index (χ1n) is 18.8. The van der Waals surface area contributed by atoms with Crippen LogP contribution < -0.4 is 5.73 Å². The molecule has 1 unspecified atom stereocenters. The third kappa shape index (κ3) is 25.6. The van der Waals surface area contributed by atoms with Crippen molar-refractivity contribution in [1.29, 1.82) is 0 Å². The van der Waals surface area contributed by atoms with Crippen molar-refractivity contribution in [2.45, 2.75) is 206 Å². The van der Waals surface area contributed by atoms with Gasteiger partial charge in [-0.1, -0.05) is 141 Å². The molecule has 0 spiro atoms. The van der Waals surface area contributed by atoms with Crippen molar-refractivity contribution in [3.05, 3.63) is 24.3 Å². The second-order valence-electron chi connectivity index (χ2n) is 13.1. The summed E-state index contributed by atoms with van der Waals surface area (Å²) in [7, 11) is 0. The highest BCUT2D eigenvalue weighted by Gasteiger charge is 2.42. The second kappa shape index (κ2) is 31.2. The Morgan fingerprint density at radius 2 is 0.818 bits per heavy atom. The molecule has 0 aliphatic rings. The first kappa shape index (κ1) is 42.2. The summed E-state index contributed by atoms with van der Waals surface area (Å²) in [5.41, 5.74) is 3.93. The van der Waals surface area contributed by atoms with E-state index in [2.05, 4.69) is 38.2 Å². The molecule has 44 heavy (non-hydrogen) atoms. The van der Waals surface area contributed by atoms with Crippen molar-refractivity contribution in [3.63, 3.8) is 0 Å². The van der Waals surface area contributed by atoms with Crippen molar-refractivity contribution >= 4 is 17.5 Å². The lowest BCUT2D eigenvalue weighted by Crippen LogP contribution is -2.56. The van der Waals surface area contributed by atoms with Crippen LogP contribution in [0.5, 0.6) is 0 Å². The summed E-state index contributed by atoms with van der Waals surface area (Å²) < 4.78 is 0. The van der Waals surface area contributed by atoms with Gasteiger partial charge in [-0.25, -0.2) is 4.79 Å². The third-order valence-corrected chi connectivity index (χ3v) is 8.74. The van der Waals surface area contributed by atoms with Gasteiger partial charge in [-0.2, -0.15) is 0 Å². The predicted molar refractivity (Wildman–Crippen MR) is 188 cm³/mol. The summed E-state index contributed by atoms with van der Waals surface area (Å²) in [6, 6.07) is 0. The summed E-state index contributed by atoms with van der Waals surface area (Å²) >= 11 is 0. The Morgan fingerprint density at radius 3 is 1.18 bits per heavy atom. The van der Waals surface area contributed by atoms with Crippen LogP contribution in [-0.2, 0) is 14.4 Å². The van der Waals surface area contributed by atoms with Crippen LogP contribution in [0.1, 0.15) is 200 Å². The van der Waals surface area contributed by atoms with Crippen LogP contribution in [0.3, 0.4) is 0 Å². The van der Waals surface area contributed by atoms with E-state index in [0.29, 0.717) is 12.8 Å². The number of ketones is 2. The molecule has 0 aromatic rings. The molecule has 0 aromatic heterocycles. The van der Waals surface area contributed by atoms with E-state index in [0.717, 1.165) is 70.6 Å². The number of hydrogen-bond donors (Lipinski definition) is 2. The molecule has 0 saturated heterocycles. The van der Waals surface area contributed by atoms with Crippen LogP contribution in [0.15, 0.2) is 24.3 Å². The fourth-order valence-electron chi connectivity index (χ4n) is 5.67. The molecular weight excluding hydrogens is 546 g/mol. The molecule has 3 N–H and O–H groups in total. The van der Waals surface area contributed by atoms with Gasteiger partial charge in [-0.15, -0.1) is 0 Å². The van der Waals surface area contributed by atoms with Crippen LogP contribution in [0, 0.1) is 0 Å².